The smallest absolute Gasteiger partial charge is 0.332 e. The van der Waals surface area contributed by atoms with Crippen molar-refractivity contribution in [3.8, 4) is 35.8 Å². The summed E-state index contributed by atoms with van der Waals surface area (Å²) in [6.07, 6.45) is 7.52. The highest BCUT2D eigenvalue weighted by molar-refractivity contribution is 9.10. The summed E-state index contributed by atoms with van der Waals surface area (Å²) in [5, 5.41) is 38.8. The third-order valence-corrected chi connectivity index (χ3v) is 17.4. The van der Waals surface area contributed by atoms with Crippen molar-refractivity contribution < 1.29 is 47.8 Å². The average Bonchev–Trinajstić information content (AvgIpc) is 4.26. The molecule has 0 bridgehead atoms. The molecule has 0 unspecified atom stereocenters. The molecular weight excluding hydrogens is 1210 g/mol. The van der Waals surface area contributed by atoms with Crippen molar-refractivity contribution in [2.75, 3.05) is 20.4 Å². The molecule has 0 radical (unpaired) electrons. The maximum absolute atomic E-state index is 13.9. The molecule has 82 heavy (non-hydrogen) atoms. The van der Waals surface area contributed by atoms with Crippen LogP contribution in [0.25, 0.3) is 45.1 Å². The van der Waals surface area contributed by atoms with Crippen molar-refractivity contribution >= 4 is 104 Å². The summed E-state index contributed by atoms with van der Waals surface area (Å²) in [7, 11) is -5.76. The second-order valence-electron chi connectivity index (χ2n) is 19.2. The summed E-state index contributed by atoms with van der Waals surface area (Å²) in [5.74, 6) is 0.472. The molecule has 0 aliphatic heterocycles. The molecule has 0 fully saturated rings. The first-order valence-corrected chi connectivity index (χ1v) is 30.5. The van der Waals surface area contributed by atoms with Crippen LogP contribution in [0.5, 0.6) is 11.5 Å². The van der Waals surface area contributed by atoms with Crippen molar-refractivity contribution in [1.29, 1.82) is 21.0 Å². The number of methoxy groups -OCH3 is 2. The van der Waals surface area contributed by atoms with E-state index in [1.807, 2.05) is 78.9 Å². The topological polar surface area (TPSA) is 273 Å². The van der Waals surface area contributed by atoms with Gasteiger partial charge in [-0.05, 0) is 135 Å². The van der Waals surface area contributed by atoms with Gasteiger partial charge in [-0.15, -0.1) is 0 Å². The van der Waals surface area contributed by atoms with Crippen LogP contribution in [0.15, 0.2) is 155 Å². The minimum absolute atomic E-state index is 0.0221. The number of fused-ring (bicyclic) bond motifs is 2. The van der Waals surface area contributed by atoms with Gasteiger partial charge in [0.2, 0.25) is 11.8 Å². The lowest BCUT2D eigenvalue weighted by Crippen LogP contribution is -2.35. The number of benzene rings is 6. The number of aromatic nitrogens is 2. The van der Waals surface area contributed by atoms with Crippen molar-refractivity contribution in [2.45, 2.75) is 56.5 Å². The molecule has 0 saturated heterocycles. The normalized spacial score (nSPS) is 11.9. The molecule has 0 saturated carbocycles. The van der Waals surface area contributed by atoms with Gasteiger partial charge in [0.15, 0.2) is 0 Å². The number of carbonyl (C=O) groups excluding carboxylic acids is 2. The number of hydrogen-bond acceptors (Lipinski definition) is 10. The largest absolute Gasteiger partial charge is 0.496 e. The highest BCUT2D eigenvalue weighted by Crippen LogP contribution is 2.57. The van der Waals surface area contributed by atoms with Gasteiger partial charge in [-0.2, -0.15) is 21.0 Å². The number of ether oxygens (including phenoxy) is 2. The van der Waals surface area contributed by atoms with Gasteiger partial charge in [-0.25, -0.2) is 0 Å². The zero-order valence-electron chi connectivity index (χ0n) is 44.4. The summed E-state index contributed by atoms with van der Waals surface area (Å²) < 4.78 is 39.7. The second kappa shape index (κ2) is 27.7. The lowest BCUT2D eigenvalue weighted by atomic mass is 9.87. The first-order valence-electron chi connectivity index (χ1n) is 25.5. The molecule has 416 valence electrons. The van der Waals surface area contributed by atoms with E-state index in [1.54, 1.807) is 79.1 Å². The van der Waals surface area contributed by atoms with E-state index in [9.17, 15) is 49.6 Å². The Balaban J connectivity index is 0.000000251. The molecule has 2 aromatic heterocycles. The third kappa shape index (κ3) is 15.3. The standard InChI is InChI=1S/C38H33BrN3O5P.C24H21BrN3O5P/c1-47-36-17-14-29(24-40)19-30(36)20-31(25-41)34-26-42(35-16-15-32(39)21-33(34)35)37(43)13-8-18-38(48(44,45)46,22-27-9-4-2-5-10-27)23-28-11-6-3-7-12-28;1-33-23-8-5-16(13-26)10-17(23)11-18(14-27)21-15-28(22-7-6-19(25)12-20(21)22)24(29)4-2-3-9-34(30,31)32/h2-7,9-12,14-17,19-21,26H,8,13,18,22-23H2,1H3,(H2,44,45,46);5-8,10-12,15H,2-4,9H2,1H3,(H2,30,31,32)/b31-20+;18-11+. The van der Waals surface area contributed by atoms with Gasteiger partial charge in [0.05, 0.1) is 77.0 Å². The molecule has 0 spiro atoms. The van der Waals surface area contributed by atoms with E-state index < -0.39 is 20.3 Å². The lowest BCUT2D eigenvalue weighted by Gasteiger charge is -2.35. The number of carbonyl (C=O) groups is 2. The van der Waals surface area contributed by atoms with Crippen LogP contribution in [0.1, 0.15) is 92.6 Å². The summed E-state index contributed by atoms with van der Waals surface area (Å²) in [5.41, 5.74) is 6.34. The minimum atomic E-state index is -4.67. The molecule has 0 atom stereocenters. The first kappa shape index (κ1) is 61.7. The van der Waals surface area contributed by atoms with Crippen molar-refractivity contribution in [2.24, 2.45) is 0 Å². The molecule has 2 heterocycles. The number of nitriles is 4. The van der Waals surface area contributed by atoms with Crippen LogP contribution in [0.4, 0.5) is 0 Å². The van der Waals surface area contributed by atoms with E-state index in [4.69, 9.17) is 19.3 Å². The van der Waals surface area contributed by atoms with E-state index in [1.165, 1.54) is 23.4 Å². The van der Waals surface area contributed by atoms with Crippen LogP contribution in [0, 0.1) is 45.3 Å². The Hall–Kier alpha value is -7.96. The fourth-order valence-electron chi connectivity index (χ4n) is 9.68. The highest BCUT2D eigenvalue weighted by atomic mass is 79.9. The van der Waals surface area contributed by atoms with E-state index in [2.05, 4.69) is 56.1 Å². The highest BCUT2D eigenvalue weighted by Gasteiger charge is 2.46. The van der Waals surface area contributed by atoms with E-state index in [-0.39, 0.29) is 74.1 Å². The molecule has 16 nitrogen and oxygen atoms in total. The Kier molecular flexibility index (Phi) is 20.8. The van der Waals surface area contributed by atoms with Crippen LogP contribution in [0.3, 0.4) is 0 Å². The Morgan fingerprint density at radius 3 is 1.39 bits per heavy atom. The number of allylic oxidation sites excluding steroid dienone is 2. The van der Waals surface area contributed by atoms with Gasteiger partial charge in [0.25, 0.3) is 0 Å². The fourth-order valence-corrected chi connectivity index (χ4v) is 12.3. The molecule has 6 aromatic carbocycles. The van der Waals surface area contributed by atoms with Gasteiger partial charge in [-0.3, -0.25) is 27.9 Å². The van der Waals surface area contributed by atoms with Crippen LogP contribution < -0.4 is 9.47 Å². The Morgan fingerprint density at radius 1 is 0.585 bits per heavy atom. The maximum atomic E-state index is 13.9. The molecule has 20 heteroatoms. The van der Waals surface area contributed by atoms with Gasteiger partial charge < -0.3 is 29.0 Å². The lowest BCUT2D eigenvalue weighted by molar-refractivity contribution is 0.0895. The van der Waals surface area contributed by atoms with Crippen molar-refractivity contribution in [3.63, 3.8) is 0 Å². The molecule has 0 aliphatic rings. The number of hydrogen-bond donors (Lipinski definition) is 4. The molecular formula is C62H54Br2N6O10P2. The van der Waals surface area contributed by atoms with Gasteiger partial charge >= 0.3 is 15.2 Å². The van der Waals surface area contributed by atoms with E-state index in [0.29, 0.717) is 73.1 Å². The zero-order chi connectivity index (χ0) is 59.2. The third-order valence-electron chi connectivity index (χ3n) is 13.7. The van der Waals surface area contributed by atoms with Crippen LogP contribution >= 0.6 is 47.1 Å². The minimum Gasteiger partial charge on any atom is -0.496 e. The fraction of sp³-hybridized carbons (Fsp3) is 0.194. The molecule has 8 aromatic rings. The quantitative estimate of drug-likeness (QED) is 0.0314. The molecule has 4 N–H and O–H groups in total. The first-order chi connectivity index (χ1) is 39.2. The number of rotatable bonds is 20. The number of unbranched alkanes of at least 4 members (excludes halogenated alkanes) is 1. The Bertz CT molecular complexity index is 3980. The summed E-state index contributed by atoms with van der Waals surface area (Å²) in [4.78, 5) is 66.5. The van der Waals surface area contributed by atoms with Gasteiger partial charge in [0, 0.05) is 73.4 Å². The average molecular weight is 1260 g/mol. The van der Waals surface area contributed by atoms with Crippen LogP contribution in [-0.4, -0.2) is 66.1 Å². The van der Waals surface area contributed by atoms with Crippen LogP contribution in [0.2, 0.25) is 0 Å². The summed E-state index contributed by atoms with van der Waals surface area (Å²) in [6, 6.07) is 47.8. The zero-order valence-corrected chi connectivity index (χ0v) is 49.4. The maximum Gasteiger partial charge on any atom is 0.332 e. The molecule has 0 amide bonds. The number of nitrogens with zero attached hydrogens (tertiary/aromatic N) is 6. The van der Waals surface area contributed by atoms with Crippen molar-refractivity contribution in [3.05, 3.63) is 199 Å². The Labute approximate surface area is 491 Å². The second-order valence-corrected chi connectivity index (χ2v) is 24.8. The van der Waals surface area contributed by atoms with E-state index >= 15 is 0 Å². The van der Waals surface area contributed by atoms with Crippen LogP contribution in [-0.2, 0) is 22.0 Å². The van der Waals surface area contributed by atoms with Crippen molar-refractivity contribution in [1.82, 2.24) is 9.13 Å². The summed E-state index contributed by atoms with van der Waals surface area (Å²) >= 11 is 6.94. The SMILES string of the molecule is COc1ccc(C#N)cc1/C=C(\C#N)c1cn(C(=O)CCCC(Cc2ccccc2)(Cc2ccccc2)P(=O)(O)O)c2ccc(Br)cc12.COc1ccc(C#N)cc1/C=C(\C#N)c1cn(C(=O)CCCCP(=O)(O)O)c2ccc(Br)cc12. The predicted octanol–water partition coefficient (Wildman–Crippen LogP) is 13.9. The Morgan fingerprint density at radius 2 is 1.01 bits per heavy atom. The monoisotopic (exact) mass is 1260 g/mol. The molecule has 8 rings (SSSR count). The summed E-state index contributed by atoms with van der Waals surface area (Å²) in [6.45, 7) is 0. The number of halogens is 2. The van der Waals surface area contributed by atoms with Gasteiger partial charge in [0.1, 0.15) is 11.5 Å². The van der Waals surface area contributed by atoms with Gasteiger partial charge in [-0.1, -0.05) is 92.5 Å². The van der Waals surface area contributed by atoms with E-state index in [0.717, 1.165) is 20.1 Å². The predicted molar refractivity (Wildman–Crippen MR) is 323 cm³/mol. The molecule has 0 aliphatic carbocycles.